The summed E-state index contributed by atoms with van der Waals surface area (Å²) in [4.78, 5) is 16.1. The van der Waals surface area contributed by atoms with Crippen LogP contribution >= 0.6 is 0 Å². The molecule has 46 heavy (non-hydrogen) atoms. The maximum atomic E-state index is 13.9. The first-order valence-corrected chi connectivity index (χ1v) is 15.7. The Morgan fingerprint density at radius 3 is 2.04 bits per heavy atom. The second-order valence-corrected chi connectivity index (χ2v) is 11.3. The van der Waals surface area contributed by atoms with Gasteiger partial charge in [-0.05, 0) is 77.1 Å². The minimum absolute atomic E-state index is 0.0564. The van der Waals surface area contributed by atoms with Gasteiger partial charge in [0.25, 0.3) is 0 Å². The summed E-state index contributed by atoms with van der Waals surface area (Å²) in [5.41, 5.74) is 10.8. The third kappa shape index (κ3) is 5.98. The number of carbonyl (C=O) groups excluding carboxylic acids is 1. The zero-order valence-corrected chi connectivity index (χ0v) is 26.1. The van der Waals surface area contributed by atoms with Crippen LogP contribution in [0.2, 0.25) is 0 Å². The SMILES string of the molecule is C=C\C=C/C(=C(/C=C\C)CC=C)c1ccc(N(c2ccc(C3C=CC=CC=C3)cc2)c2cccc3c2C(=O)c2ccccc2-3)cc1. The number of allylic oxidation sites excluding steroid dienone is 14. The summed E-state index contributed by atoms with van der Waals surface area (Å²) in [5.74, 6) is 0.255. The van der Waals surface area contributed by atoms with Crippen molar-refractivity contribution >= 4 is 28.4 Å². The summed E-state index contributed by atoms with van der Waals surface area (Å²) in [5, 5.41) is 0. The normalized spacial score (nSPS) is 14.3. The van der Waals surface area contributed by atoms with Crippen LogP contribution in [-0.4, -0.2) is 5.78 Å². The summed E-state index contributed by atoms with van der Waals surface area (Å²) in [6.07, 6.45) is 25.4. The maximum absolute atomic E-state index is 13.9. The van der Waals surface area contributed by atoms with Gasteiger partial charge in [-0.25, -0.2) is 0 Å². The third-order valence-corrected chi connectivity index (χ3v) is 8.39. The highest BCUT2D eigenvalue weighted by atomic mass is 16.1. The monoisotopic (exact) mass is 595 g/mol. The zero-order valence-electron chi connectivity index (χ0n) is 26.1. The number of ketones is 1. The first-order chi connectivity index (χ1) is 22.6. The van der Waals surface area contributed by atoms with Crippen molar-refractivity contribution in [3.63, 3.8) is 0 Å². The molecular weight excluding hydrogens is 558 g/mol. The highest BCUT2D eigenvalue weighted by Gasteiger charge is 2.31. The predicted molar refractivity (Wildman–Crippen MR) is 196 cm³/mol. The minimum Gasteiger partial charge on any atom is -0.310 e. The Hall–Kier alpha value is -5.73. The molecule has 6 rings (SSSR count). The van der Waals surface area contributed by atoms with E-state index in [1.807, 2.05) is 61.6 Å². The van der Waals surface area contributed by atoms with E-state index in [0.29, 0.717) is 0 Å². The average Bonchev–Trinajstić information content (AvgIpc) is 3.23. The van der Waals surface area contributed by atoms with Gasteiger partial charge in [-0.1, -0.05) is 140 Å². The molecule has 0 saturated carbocycles. The molecule has 0 bridgehead atoms. The van der Waals surface area contributed by atoms with Crippen LogP contribution in [0.3, 0.4) is 0 Å². The molecule has 2 aliphatic rings. The Labute approximate surface area is 272 Å². The van der Waals surface area contributed by atoms with Gasteiger partial charge in [0.1, 0.15) is 0 Å². The Morgan fingerprint density at radius 2 is 1.39 bits per heavy atom. The van der Waals surface area contributed by atoms with E-state index in [0.717, 1.165) is 56.9 Å². The fraction of sp³-hybridized carbons (Fsp3) is 0.0682. The van der Waals surface area contributed by atoms with Gasteiger partial charge in [-0.2, -0.15) is 0 Å². The standard InChI is InChI=1S/C44H37NO/c1-4-7-19-38(34(15-5-2)16-6-3)35-26-30-37(31-27-35)45(36-28-24-33(25-29-36)32-17-10-8-9-11-18-32)42-23-14-22-40-39-20-12-13-21-41(39)44(46)43(40)42/h4-14,16-32H,1-2,15H2,3H3/b16-6-,19-7-,38-34-. The zero-order chi connectivity index (χ0) is 31.9. The number of hydrogen-bond acceptors (Lipinski definition) is 2. The van der Waals surface area contributed by atoms with Crippen molar-refractivity contribution < 1.29 is 4.79 Å². The van der Waals surface area contributed by atoms with Gasteiger partial charge in [0.2, 0.25) is 0 Å². The first-order valence-electron chi connectivity index (χ1n) is 15.7. The van der Waals surface area contributed by atoms with Crippen molar-refractivity contribution in [3.05, 3.63) is 205 Å². The smallest absolute Gasteiger partial charge is 0.196 e. The Kier molecular flexibility index (Phi) is 9.17. The van der Waals surface area contributed by atoms with E-state index in [2.05, 4.69) is 121 Å². The average molecular weight is 596 g/mol. The van der Waals surface area contributed by atoms with Gasteiger partial charge < -0.3 is 4.90 Å². The molecule has 0 amide bonds. The van der Waals surface area contributed by atoms with E-state index in [9.17, 15) is 4.79 Å². The number of rotatable bonds is 10. The second-order valence-electron chi connectivity index (χ2n) is 11.3. The molecule has 0 fully saturated rings. The van der Waals surface area contributed by atoms with Crippen molar-refractivity contribution in [2.75, 3.05) is 4.90 Å². The summed E-state index contributed by atoms with van der Waals surface area (Å²) < 4.78 is 0. The third-order valence-electron chi connectivity index (χ3n) is 8.39. The lowest BCUT2D eigenvalue weighted by Gasteiger charge is -2.28. The molecule has 0 radical (unpaired) electrons. The molecule has 0 heterocycles. The van der Waals surface area contributed by atoms with E-state index in [1.165, 1.54) is 11.1 Å². The maximum Gasteiger partial charge on any atom is 0.196 e. The molecule has 2 aliphatic carbocycles. The van der Waals surface area contributed by atoms with Crippen LogP contribution < -0.4 is 4.90 Å². The molecular formula is C44H37NO. The molecule has 0 atom stereocenters. The Balaban J connectivity index is 1.49. The van der Waals surface area contributed by atoms with Crippen LogP contribution in [0.15, 0.2) is 183 Å². The number of anilines is 3. The quantitative estimate of drug-likeness (QED) is 0.118. The molecule has 4 aromatic carbocycles. The molecule has 2 heteroatoms. The van der Waals surface area contributed by atoms with Crippen LogP contribution in [0.5, 0.6) is 0 Å². The number of hydrogen-bond donors (Lipinski definition) is 0. The van der Waals surface area contributed by atoms with Gasteiger partial charge in [0.05, 0.1) is 11.3 Å². The predicted octanol–water partition coefficient (Wildman–Crippen LogP) is 11.8. The lowest BCUT2D eigenvalue weighted by atomic mass is 9.95. The molecule has 0 aromatic heterocycles. The lowest BCUT2D eigenvalue weighted by Crippen LogP contribution is -2.14. The van der Waals surface area contributed by atoms with Crippen molar-refractivity contribution in [3.8, 4) is 11.1 Å². The molecule has 224 valence electrons. The van der Waals surface area contributed by atoms with E-state index >= 15 is 0 Å². The Morgan fingerprint density at radius 1 is 0.739 bits per heavy atom. The summed E-state index contributed by atoms with van der Waals surface area (Å²) in [6, 6.07) is 31.3. The molecule has 0 unspecified atom stereocenters. The fourth-order valence-corrected chi connectivity index (χ4v) is 6.26. The minimum atomic E-state index is 0.0564. The van der Waals surface area contributed by atoms with Crippen molar-refractivity contribution in [2.45, 2.75) is 19.3 Å². The van der Waals surface area contributed by atoms with E-state index < -0.39 is 0 Å². The summed E-state index contributed by atoms with van der Waals surface area (Å²) >= 11 is 0. The van der Waals surface area contributed by atoms with Gasteiger partial charge >= 0.3 is 0 Å². The lowest BCUT2D eigenvalue weighted by molar-refractivity contribution is 0.104. The van der Waals surface area contributed by atoms with Crippen LogP contribution in [0, 0.1) is 0 Å². The van der Waals surface area contributed by atoms with E-state index in [-0.39, 0.29) is 11.7 Å². The fourth-order valence-electron chi connectivity index (χ4n) is 6.26. The molecule has 0 aliphatic heterocycles. The molecule has 0 spiro atoms. The van der Waals surface area contributed by atoms with E-state index in [4.69, 9.17) is 0 Å². The largest absolute Gasteiger partial charge is 0.310 e. The van der Waals surface area contributed by atoms with Crippen molar-refractivity contribution in [2.24, 2.45) is 0 Å². The summed E-state index contributed by atoms with van der Waals surface area (Å²) in [7, 11) is 0. The molecule has 2 nitrogen and oxygen atoms in total. The topological polar surface area (TPSA) is 20.3 Å². The van der Waals surface area contributed by atoms with Gasteiger partial charge in [-0.15, -0.1) is 6.58 Å². The number of nitrogens with zero attached hydrogens (tertiary/aromatic N) is 1. The van der Waals surface area contributed by atoms with Crippen LogP contribution in [0.1, 0.15) is 46.3 Å². The van der Waals surface area contributed by atoms with Crippen molar-refractivity contribution in [1.29, 1.82) is 0 Å². The summed E-state index contributed by atoms with van der Waals surface area (Å²) in [6.45, 7) is 9.89. The molecule has 0 N–H and O–H groups in total. The highest BCUT2D eigenvalue weighted by Crippen LogP contribution is 2.46. The van der Waals surface area contributed by atoms with Gasteiger partial charge in [0.15, 0.2) is 5.78 Å². The Bertz CT molecular complexity index is 1940. The number of fused-ring (bicyclic) bond motifs is 3. The first kappa shape index (κ1) is 30.3. The number of benzene rings is 4. The van der Waals surface area contributed by atoms with Gasteiger partial charge in [0, 0.05) is 22.9 Å². The van der Waals surface area contributed by atoms with Crippen molar-refractivity contribution in [1.82, 2.24) is 0 Å². The second kappa shape index (κ2) is 13.9. The highest BCUT2D eigenvalue weighted by molar-refractivity contribution is 6.25. The van der Waals surface area contributed by atoms with Crippen LogP contribution in [0.25, 0.3) is 16.7 Å². The molecule has 0 saturated heterocycles. The van der Waals surface area contributed by atoms with Gasteiger partial charge in [-0.3, -0.25) is 4.79 Å². The number of carbonyl (C=O) groups is 1. The van der Waals surface area contributed by atoms with E-state index in [1.54, 1.807) is 6.08 Å². The molecule has 4 aromatic rings. The van der Waals surface area contributed by atoms with Crippen LogP contribution in [-0.2, 0) is 0 Å². The van der Waals surface area contributed by atoms with Crippen LogP contribution in [0.4, 0.5) is 17.1 Å².